The Morgan fingerprint density at radius 2 is 1.61 bits per heavy atom. The summed E-state index contributed by atoms with van der Waals surface area (Å²) in [5, 5.41) is 0. The van der Waals surface area contributed by atoms with E-state index in [2.05, 4.69) is 12.1 Å². The molecule has 0 N–H and O–H groups in total. The van der Waals surface area contributed by atoms with Gasteiger partial charge in [0.05, 0.1) is 16.6 Å². The Labute approximate surface area is 193 Å². The summed E-state index contributed by atoms with van der Waals surface area (Å²) < 4.78 is 16.6. The van der Waals surface area contributed by atoms with Gasteiger partial charge in [0.15, 0.2) is 0 Å². The Bertz CT molecular complexity index is 1240. The average Bonchev–Trinajstić information content (AvgIpc) is 3.22. The minimum absolute atomic E-state index is 0.0477. The second-order valence-corrected chi connectivity index (χ2v) is 8.79. The molecule has 0 radical (unpaired) electrons. The first-order chi connectivity index (χ1) is 16.2. The molecule has 168 valence electrons. The molecule has 4 aromatic rings. The fraction of sp³-hybridized carbons (Fsp3) is 0.286. The predicted octanol–water partition coefficient (Wildman–Crippen LogP) is 6.20. The van der Waals surface area contributed by atoms with E-state index in [1.165, 1.54) is 12.5 Å². The molecule has 1 fully saturated rings. The number of rotatable bonds is 6. The zero-order valence-corrected chi connectivity index (χ0v) is 18.7. The van der Waals surface area contributed by atoms with Crippen molar-refractivity contribution in [3.63, 3.8) is 0 Å². The summed E-state index contributed by atoms with van der Waals surface area (Å²) in [7, 11) is 0. The fourth-order valence-electron chi connectivity index (χ4n) is 4.90. The molecule has 0 aliphatic heterocycles. The van der Waals surface area contributed by atoms with Crippen LogP contribution in [-0.2, 0) is 17.9 Å². The number of nitrogens with zero attached hydrogens (tertiary/aromatic N) is 3. The van der Waals surface area contributed by atoms with Crippen LogP contribution in [0.2, 0.25) is 0 Å². The first kappa shape index (κ1) is 21.4. The predicted molar refractivity (Wildman–Crippen MR) is 129 cm³/mol. The van der Waals surface area contributed by atoms with Crippen molar-refractivity contribution < 1.29 is 9.18 Å². The van der Waals surface area contributed by atoms with Gasteiger partial charge < -0.3 is 9.47 Å². The standard InChI is InChI=1S/C28H28FN3O/c29-24-16-8-7-15-23(24)28-30-25-17-9-10-18-26(25)32(28)20-27(33)31(22-13-5-2-6-14-22)19-21-11-3-1-4-12-21/h1,3-4,7-12,15-18,22H,2,5-6,13-14,19-20H2. The van der Waals surface area contributed by atoms with Crippen molar-refractivity contribution in [2.75, 3.05) is 0 Å². The van der Waals surface area contributed by atoms with Gasteiger partial charge in [0.1, 0.15) is 18.2 Å². The van der Waals surface area contributed by atoms with Crippen LogP contribution in [-0.4, -0.2) is 26.4 Å². The molecule has 1 saturated carbocycles. The van der Waals surface area contributed by atoms with E-state index < -0.39 is 0 Å². The maximum atomic E-state index is 14.7. The number of hydrogen-bond donors (Lipinski definition) is 0. The summed E-state index contributed by atoms with van der Waals surface area (Å²) in [6, 6.07) is 24.7. The number of amides is 1. The van der Waals surface area contributed by atoms with Gasteiger partial charge in [-0.2, -0.15) is 0 Å². The molecule has 1 aliphatic rings. The number of benzene rings is 3. The van der Waals surface area contributed by atoms with Crippen LogP contribution in [0.15, 0.2) is 78.9 Å². The molecule has 5 rings (SSSR count). The van der Waals surface area contributed by atoms with E-state index in [-0.39, 0.29) is 24.3 Å². The first-order valence-corrected chi connectivity index (χ1v) is 11.7. The van der Waals surface area contributed by atoms with Crippen LogP contribution in [0, 0.1) is 5.82 Å². The summed E-state index contributed by atoms with van der Waals surface area (Å²) in [5.74, 6) is 0.201. The van der Waals surface area contributed by atoms with Gasteiger partial charge in [0, 0.05) is 12.6 Å². The molecule has 0 bridgehead atoms. The van der Waals surface area contributed by atoms with Crippen molar-refractivity contribution in [1.82, 2.24) is 14.5 Å². The lowest BCUT2D eigenvalue weighted by Gasteiger charge is -2.35. The van der Waals surface area contributed by atoms with Crippen LogP contribution in [0.4, 0.5) is 4.39 Å². The number of aromatic nitrogens is 2. The van der Waals surface area contributed by atoms with Gasteiger partial charge >= 0.3 is 0 Å². The summed E-state index contributed by atoms with van der Waals surface area (Å²) in [6.07, 6.45) is 5.59. The highest BCUT2D eigenvalue weighted by Crippen LogP contribution is 2.29. The van der Waals surface area contributed by atoms with E-state index in [0.29, 0.717) is 17.9 Å². The number of para-hydroxylation sites is 2. The average molecular weight is 442 g/mol. The Kier molecular flexibility index (Phi) is 6.20. The molecule has 5 heteroatoms. The van der Waals surface area contributed by atoms with Crippen molar-refractivity contribution in [2.24, 2.45) is 0 Å². The topological polar surface area (TPSA) is 38.1 Å². The minimum Gasteiger partial charge on any atom is -0.334 e. The van der Waals surface area contributed by atoms with Gasteiger partial charge in [0.25, 0.3) is 0 Å². The lowest BCUT2D eigenvalue weighted by atomic mass is 9.93. The molecule has 4 nitrogen and oxygen atoms in total. The first-order valence-electron chi connectivity index (χ1n) is 11.7. The second-order valence-electron chi connectivity index (χ2n) is 8.79. The molecule has 3 aromatic carbocycles. The Hall–Kier alpha value is -3.47. The zero-order chi connectivity index (χ0) is 22.6. The SMILES string of the molecule is O=C(Cn1c(-c2ccccc2F)nc2ccccc21)N(Cc1ccccc1)C1CCCCC1. The van der Waals surface area contributed by atoms with Crippen LogP contribution in [0.1, 0.15) is 37.7 Å². The van der Waals surface area contributed by atoms with Crippen LogP contribution in [0.25, 0.3) is 22.4 Å². The van der Waals surface area contributed by atoms with E-state index in [0.717, 1.165) is 42.3 Å². The Morgan fingerprint density at radius 3 is 2.39 bits per heavy atom. The molecule has 33 heavy (non-hydrogen) atoms. The van der Waals surface area contributed by atoms with E-state index in [9.17, 15) is 9.18 Å². The smallest absolute Gasteiger partial charge is 0.243 e. The van der Waals surface area contributed by atoms with Crippen molar-refractivity contribution in [3.05, 3.63) is 90.2 Å². The van der Waals surface area contributed by atoms with Crippen molar-refractivity contribution in [2.45, 2.75) is 51.2 Å². The third kappa shape index (κ3) is 4.54. The highest BCUT2D eigenvalue weighted by Gasteiger charge is 2.27. The van der Waals surface area contributed by atoms with Crippen LogP contribution in [0.5, 0.6) is 0 Å². The molecule has 0 atom stereocenters. The molecule has 0 saturated heterocycles. The lowest BCUT2D eigenvalue weighted by molar-refractivity contribution is -0.135. The maximum absolute atomic E-state index is 14.7. The largest absolute Gasteiger partial charge is 0.334 e. The third-order valence-electron chi connectivity index (χ3n) is 6.59. The number of hydrogen-bond acceptors (Lipinski definition) is 2. The minimum atomic E-state index is -0.338. The monoisotopic (exact) mass is 441 g/mol. The molecule has 0 spiro atoms. The molecule has 0 unspecified atom stereocenters. The van der Waals surface area contributed by atoms with E-state index in [1.807, 2.05) is 51.9 Å². The summed E-state index contributed by atoms with van der Waals surface area (Å²) in [5.41, 5.74) is 3.14. The van der Waals surface area contributed by atoms with E-state index >= 15 is 0 Å². The van der Waals surface area contributed by atoms with Gasteiger partial charge in [-0.1, -0.05) is 73.9 Å². The normalized spacial score (nSPS) is 14.5. The molecule has 1 aromatic heterocycles. The number of carbonyl (C=O) groups is 1. The van der Waals surface area contributed by atoms with Gasteiger partial charge in [-0.05, 0) is 42.7 Å². The van der Waals surface area contributed by atoms with Crippen LogP contribution >= 0.6 is 0 Å². The highest BCUT2D eigenvalue weighted by atomic mass is 19.1. The van der Waals surface area contributed by atoms with E-state index in [4.69, 9.17) is 4.98 Å². The highest BCUT2D eigenvalue weighted by molar-refractivity contribution is 5.84. The van der Waals surface area contributed by atoms with Gasteiger partial charge in [-0.3, -0.25) is 4.79 Å². The number of fused-ring (bicyclic) bond motifs is 1. The van der Waals surface area contributed by atoms with Gasteiger partial charge in [0.2, 0.25) is 5.91 Å². The summed E-state index contributed by atoms with van der Waals surface area (Å²) in [6.45, 7) is 0.722. The van der Waals surface area contributed by atoms with E-state index in [1.54, 1.807) is 18.2 Å². The maximum Gasteiger partial charge on any atom is 0.243 e. The summed E-state index contributed by atoms with van der Waals surface area (Å²) in [4.78, 5) is 20.6. The molecule has 1 heterocycles. The van der Waals surface area contributed by atoms with Crippen molar-refractivity contribution in [3.8, 4) is 11.4 Å². The molecular formula is C28H28FN3O. The fourth-order valence-corrected chi connectivity index (χ4v) is 4.90. The molecular weight excluding hydrogens is 413 g/mol. The number of imidazole rings is 1. The van der Waals surface area contributed by atoms with Crippen LogP contribution in [0.3, 0.4) is 0 Å². The Balaban J connectivity index is 1.52. The van der Waals surface area contributed by atoms with Crippen molar-refractivity contribution >= 4 is 16.9 Å². The second kappa shape index (κ2) is 9.57. The number of carbonyl (C=O) groups excluding carboxylic acids is 1. The van der Waals surface area contributed by atoms with Crippen molar-refractivity contribution in [1.29, 1.82) is 0 Å². The molecule has 1 aliphatic carbocycles. The summed E-state index contributed by atoms with van der Waals surface area (Å²) >= 11 is 0. The van der Waals surface area contributed by atoms with Gasteiger partial charge in [-0.15, -0.1) is 0 Å². The quantitative estimate of drug-likeness (QED) is 0.357. The zero-order valence-electron chi connectivity index (χ0n) is 18.7. The Morgan fingerprint density at radius 1 is 0.909 bits per heavy atom. The van der Waals surface area contributed by atoms with Crippen LogP contribution < -0.4 is 0 Å². The van der Waals surface area contributed by atoms with Gasteiger partial charge in [-0.25, -0.2) is 9.37 Å². The third-order valence-corrected chi connectivity index (χ3v) is 6.59. The molecule has 1 amide bonds. The number of halogens is 1. The lowest BCUT2D eigenvalue weighted by Crippen LogP contribution is -2.42.